The molecule has 0 aliphatic carbocycles. The van der Waals surface area contributed by atoms with E-state index in [-0.39, 0.29) is 19.0 Å². The summed E-state index contributed by atoms with van der Waals surface area (Å²) in [6, 6.07) is 6.26. The Balaban J connectivity index is 2.26. The Bertz CT molecular complexity index is 1000. The van der Waals surface area contributed by atoms with Gasteiger partial charge in [0.1, 0.15) is 10.6 Å². The molecule has 0 aliphatic heterocycles. The lowest BCUT2D eigenvalue weighted by Gasteiger charge is -2.12. The molecule has 0 fully saturated rings. The van der Waals surface area contributed by atoms with Crippen molar-refractivity contribution in [2.24, 2.45) is 5.16 Å². The van der Waals surface area contributed by atoms with Gasteiger partial charge in [-0.05, 0) is 48.5 Å². The van der Waals surface area contributed by atoms with E-state index in [0.717, 1.165) is 12.1 Å². The highest BCUT2D eigenvalue weighted by molar-refractivity contribution is 7.86. The largest absolute Gasteiger partial charge is 0.494 e. The van der Waals surface area contributed by atoms with Crippen molar-refractivity contribution in [3.8, 4) is 5.75 Å². The van der Waals surface area contributed by atoms with Gasteiger partial charge in [0.25, 0.3) is 0 Å². The molecule has 13 heteroatoms. The molecule has 6 nitrogen and oxygen atoms in total. The minimum absolute atomic E-state index is 0.130. The number of hydrogen-bond acceptors (Lipinski definition) is 6. The highest BCUT2D eigenvalue weighted by Gasteiger charge is 2.38. The number of rotatable bonds is 8. The number of aliphatic hydroxyl groups is 1. The second kappa shape index (κ2) is 9.56. The van der Waals surface area contributed by atoms with Crippen LogP contribution in [-0.2, 0) is 20.6 Å². The smallest absolute Gasteiger partial charge is 0.437 e. The second-order valence-corrected chi connectivity index (χ2v) is 7.47. The standard InChI is InChI=1S/C18H15F6NO5S/c19-17(20,21)13-4-8-15(9-5-13)31(27,28)30-25-16(18(22,23)24)12-2-6-14(7-3-12)29-11-1-10-26/h2-9,26H,1,10-11H2/b25-16-. The predicted molar refractivity (Wildman–Crippen MR) is 95.9 cm³/mol. The average Bonchev–Trinajstić information content (AvgIpc) is 2.68. The van der Waals surface area contributed by atoms with Crippen molar-refractivity contribution in [3.63, 3.8) is 0 Å². The lowest BCUT2D eigenvalue weighted by atomic mass is 10.1. The quantitative estimate of drug-likeness (QED) is 0.271. The predicted octanol–water partition coefficient (Wildman–Crippen LogP) is 4.14. The molecule has 2 aromatic carbocycles. The Morgan fingerprint density at radius 3 is 2.00 bits per heavy atom. The van der Waals surface area contributed by atoms with E-state index in [0.29, 0.717) is 30.7 Å². The van der Waals surface area contributed by atoms with Crippen LogP contribution >= 0.6 is 0 Å². The summed E-state index contributed by atoms with van der Waals surface area (Å²) in [4.78, 5) is -0.807. The van der Waals surface area contributed by atoms with E-state index < -0.39 is 44.2 Å². The van der Waals surface area contributed by atoms with Crippen molar-refractivity contribution in [3.05, 3.63) is 59.7 Å². The van der Waals surface area contributed by atoms with E-state index in [1.54, 1.807) is 0 Å². The molecule has 0 radical (unpaired) electrons. The van der Waals surface area contributed by atoms with Crippen LogP contribution < -0.4 is 4.74 Å². The summed E-state index contributed by atoms with van der Waals surface area (Å²) in [6.45, 7) is -0.00173. The molecular weight excluding hydrogens is 456 g/mol. The molecule has 170 valence electrons. The normalized spacial score (nSPS) is 13.2. The zero-order chi connectivity index (χ0) is 23.3. The highest BCUT2D eigenvalue weighted by atomic mass is 32.2. The van der Waals surface area contributed by atoms with Crippen LogP contribution in [0.4, 0.5) is 26.3 Å². The van der Waals surface area contributed by atoms with Crippen LogP contribution in [0.3, 0.4) is 0 Å². The average molecular weight is 471 g/mol. The number of oxime groups is 1. The first kappa shape index (κ1) is 24.5. The molecule has 0 spiro atoms. The molecule has 0 aliphatic rings. The minimum atomic E-state index is -5.10. The fraction of sp³-hybridized carbons (Fsp3) is 0.278. The van der Waals surface area contributed by atoms with E-state index in [9.17, 15) is 34.8 Å². The second-order valence-electron chi connectivity index (χ2n) is 5.94. The summed E-state index contributed by atoms with van der Waals surface area (Å²) < 4.78 is 111. The fourth-order valence-electron chi connectivity index (χ4n) is 2.17. The van der Waals surface area contributed by atoms with Gasteiger partial charge in [0.05, 0.1) is 12.2 Å². The van der Waals surface area contributed by atoms with Crippen molar-refractivity contribution in [1.82, 2.24) is 0 Å². The Kier molecular flexibility index (Phi) is 7.54. The lowest BCUT2D eigenvalue weighted by Crippen LogP contribution is -2.25. The van der Waals surface area contributed by atoms with Gasteiger partial charge in [-0.2, -0.15) is 34.8 Å². The molecule has 0 bridgehead atoms. The maximum atomic E-state index is 13.3. The lowest BCUT2D eigenvalue weighted by molar-refractivity contribution is -0.137. The summed E-state index contributed by atoms with van der Waals surface area (Å²) in [5, 5.41) is 11.4. The number of benzene rings is 2. The SMILES string of the molecule is O=S(=O)(O/N=C(/c1ccc(OCCCO)cc1)C(F)(F)F)c1ccc(C(F)(F)F)cc1. The van der Waals surface area contributed by atoms with Gasteiger partial charge in [-0.3, -0.25) is 4.28 Å². The molecular formula is C18H15F6NO5S. The van der Waals surface area contributed by atoms with Gasteiger partial charge in [0, 0.05) is 18.6 Å². The van der Waals surface area contributed by atoms with E-state index in [1.807, 2.05) is 0 Å². The molecule has 0 saturated heterocycles. The molecule has 0 amide bonds. The van der Waals surface area contributed by atoms with Crippen molar-refractivity contribution in [2.75, 3.05) is 13.2 Å². The van der Waals surface area contributed by atoms with Gasteiger partial charge in [0.15, 0.2) is 5.71 Å². The Labute approximate surface area is 172 Å². The van der Waals surface area contributed by atoms with Crippen LogP contribution in [0.5, 0.6) is 5.75 Å². The first-order valence-corrected chi connectivity index (χ1v) is 9.85. The Morgan fingerprint density at radius 1 is 0.935 bits per heavy atom. The monoisotopic (exact) mass is 471 g/mol. The van der Waals surface area contributed by atoms with Crippen molar-refractivity contribution in [1.29, 1.82) is 0 Å². The highest BCUT2D eigenvalue weighted by Crippen LogP contribution is 2.30. The van der Waals surface area contributed by atoms with Crippen LogP contribution in [0.25, 0.3) is 0 Å². The zero-order valence-electron chi connectivity index (χ0n) is 15.4. The number of nitrogens with zero attached hydrogens (tertiary/aromatic N) is 1. The molecule has 2 rings (SSSR count). The van der Waals surface area contributed by atoms with E-state index in [4.69, 9.17) is 9.84 Å². The van der Waals surface area contributed by atoms with Crippen LogP contribution in [-0.4, -0.2) is 38.6 Å². The van der Waals surface area contributed by atoms with Crippen molar-refractivity contribution >= 4 is 15.8 Å². The van der Waals surface area contributed by atoms with Crippen LogP contribution in [0, 0.1) is 0 Å². The molecule has 0 atom stereocenters. The number of ether oxygens (including phenoxy) is 1. The summed E-state index contributed by atoms with van der Waals surface area (Å²) in [7, 11) is -4.91. The number of alkyl halides is 6. The fourth-order valence-corrected chi connectivity index (χ4v) is 2.90. The van der Waals surface area contributed by atoms with E-state index >= 15 is 0 Å². The molecule has 2 aromatic rings. The Morgan fingerprint density at radius 2 is 1.52 bits per heavy atom. The van der Waals surface area contributed by atoms with E-state index in [2.05, 4.69) is 9.44 Å². The van der Waals surface area contributed by atoms with Gasteiger partial charge in [-0.15, -0.1) is 0 Å². The summed E-state index contributed by atoms with van der Waals surface area (Å²) in [5.74, 6) is 0.206. The van der Waals surface area contributed by atoms with Crippen LogP contribution in [0.2, 0.25) is 0 Å². The van der Waals surface area contributed by atoms with Gasteiger partial charge < -0.3 is 9.84 Å². The third-order valence-electron chi connectivity index (χ3n) is 3.66. The minimum Gasteiger partial charge on any atom is -0.494 e. The summed E-state index contributed by atoms with van der Waals surface area (Å²) >= 11 is 0. The molecule has 0 unspecified atom stereocenters. The maximum Gasteiger partial charge on any atom is 0.437 e. The molecule has 0 aromatic heterocycles. The van der Waals surface area contributed by atoms with Gasteiger partial charge in [-0.25, -0.2) is 0 Å². The van der Waals surface area contributed by atoms with Gasteiger partial charge in [-0.1, -0.05) is 5.16 Å². The molecule has 31 heavy (non-hydrogen) atoms. The van der Waals surface area contributed by atoms with Crippen LogP contribution in [0.1, 0.15) is 17.5 Å². The van der Waals surface area contributed by atoms with E-state index in [1.165, 1.54) is 12.1 Å². The zero-order valence-corrected chi connectivity index (χ0v) is 16.3. The van der Waals surface area contributed by atoms with Crippen molar-refractivity contribution in [2.45, 2.75) is 23.7 Å². The third-order valence-corrected chi connectivity index (χ3v) is 4.78. The van der Waals surface area contributed by atoms with Gasteiger partial charge in [0.2, 0.25) is 0 Å². The third kappa shape index (κ3) is 6.85. The first-order chi connectivity index (χ1) is 14.3. The number of aliphatic hydroxyl groups excluding tert-OH is 1. The van der Waals surface area contributed by atoms with Gasteiger partial charge >= 0.3 is 22.5 Å². The molecule has 0 heterocycles. The number of hydrogen-bond donors (Lipinski definition) is 1. The Hall–Kier alpha value is -2.80. The molecule has 0 saturated carbocycles. The summed E-state index contributed by atoms with van der Waals surface area (Å²) in [5.41, 5.74) is -3.36. The maximum absolute atomic E-state index is 13.3. The summed E-state index contributed by atoms with van der Waals surface area (Å²) in [6.07, 6.45) is -9.51. The number of halogens is 6. The van der Waals surface area contributed by atoms with Crippen LogP contribution in [0.15, 0.2) is 58.6 Å². The van der Waals surface area contributed by atoms with Crippen molar-refractivity contribution < 1.29 is 48.9 Å². The first-order valence-electron chi connectivity index (χ1n) is 8.45. The topological polar surface area (TPSA) is 85.2 Å². The molecule has 1 N–H and O–H groups in total.